The summed E-state index contributed by atoms with van der Waals surface area (Å²) in [6.45, 7) is 0.193. The van der Waals surface area contributed by atoms with E-state index in [9.17, 15) is 13.6 Å². The standard InChI is InChI=1S/C22H13BrClF2N3O2/c23-18-7-15(8-19(24)21(18)31-12-13-1-4-16(25)5-2-13)11-28-29-22(30)17-6-3-14(10-27)9-20(17)26/h1-9,11H,12H2,(H,29,30)/b28-11-. The van der Waals surface area contributed by atoms with Crippen LogP contribution in [-0.2, 0) is 6.61 Å². The number of nitrogens with zero attached hydrogens (tertiary/aromatic N) is 2. The zero-order chi connectivity index (χ0) is 22.4. The van der Waals surface area contributed by atoms with Crippen molar-refractivity contribution in [2.75, 3.05) is 0 Å². The van der Waals surface area contributed by atoms with Gasteiger partial charge in [0.1, 0.15) is 18.2 Å². The Balaban J connectivity index is 1.65. The van der Waals surface area contributed by atoms with E-state index in [-0.39, 0.29) is 23.6 Å². The predicted molar refractivity (Wildman–Crippen MR) is 116 cm³/mol. The summed E-state index contributed by atoms with van der Waals surface area (Å²) in [6, 6.07) is 14.4. The smallest absolute Gasteiger partial charge is 0.274 e. The molecule has 3 aromatic carbocycles. The first-order chi connectivity index (χ1) is 14.9. The molecule has 0 saturated heterocycles. The zero-order valence-electron chi connectivity index (χ0n) is 15.7. The first-order valence-electron chi connectivity index (χ1n) is 8.76. The molecule has 0 fully saturated rings. The molecule has 0 unspecified atom stereocenters. The second kappa shape index (κ2) is 10.2. The van der Waals surface area contributed by atoms with E-state index in [0.717, 1.165) is 11.6 Å². The summed E-state index contributed by atoms with van der Waals surface area (Å²) < 4.78 is 33.1. The molecule has 0 aliphatic rings. The van der Waals surface area contributed by atoms with Gasteiger partial charge in [-0.3, -0.25) is 4.79 Å². The Morgan fingerprint density at radius 3 is 2.58 bits per heavy atom. The van der Waals surface area contributed by atoms with Crippen LogP contribution in [0.25, 0.3) is 0 Å². The SMILES string of the molecule is N#Cc1ccc(C(=O)N/N=C\c2cc(Cl)c(OCc3ccc(F)cc3)c(Br)c2)c(F)c1. The van der Waals surface area contributed by atoms with E-state index in [1.165, 1.54) is 30.5 Å². The fourth-order valence-electron chi connectivity index (χ4n) is 2.52. The summed E-state index contributed by atoms with van der Waals surface area (Å²) in [7, 11) is 0. The third-order valence-electron chi connectivity index (χ3n) is 4.04. The van der Waals surface area contributed by atoms with Crippen LogP contribution in [0.2, 0.25) is 5.02 Å². The van der Waals surface area contributed by atoms with Crippen molar-refractivity contribution in [1.82, 2.24) is 5.43 Å². The highest BCUT2D eigenvalue weighted by atomic mass is 79.9. The molecular formula is C22H13BrClF2N3O2. The van der Waals surface area contributed by atoms with Crippen LogP contribution in [0.1, 0.15) is 27.0 Å². The highest BCUT2D eigenvalue weighted by molar-refractivity contribution is 9.10. The molecule has 3 aromatic rings. The molecule has 0 spiro atoms. The molecule has 0 radical (unpaired) electrons. The van der Waals surface area contributed by atoms with E-state index in [1.54, 1.807) is 30.3 Å². The lowest BCUT2D eigenvalue weighted by Gasteiger charge is -2.11. The van der Waals surface area contributed by atoms with Crippen LogP contribution < -0.4 is 10.2 Å². The van der Waals surface area contributed by atoms with Gasteiger partial charge in [-0.1, -0.05) is 23.7 Å². The summed E-state index contributed by atoms with van der Waals surface area (Å²) in [5, 5.41) is 12.8. The molecule has 0 bridgehead atoms. The van der Waals surface area contributed by atoms with E-state index in [2.05, 4.69) is 26.5 Å². The van der Waals surface area contributed by atoms with Gasteiger partial charge in [0.25, 0.3) is 5.91 Å². The van der Waals surface area contributed by atoms with Crippen LogP contribution in [0.4, 0.5) is 8.78 Å². The second-order valence-electron chi connectivity index (χ2n) is 6.23. The fraction of sp³-hybridized carbons (Fsp3) is 0.0455. The number of ether oxygens (including phenoxy) is 1. The van der Waals surface area contributed by atoms with Crippen molar-refractivity contribution in [2.45, 2.75) is 6.61 Å². The molecule has 9 heteroatoms. The molecule has 0 aliphatic carbocycles. The molecule has 31 heavy (non-hydrogen) atoms. The van der Waals surface area contributed by atoms with Gasteiger partial charge in [-0.2, -0.15) is 10.4 Å². The quantitative estimate of drug-likeness (QED) is 0.351. The van der Waals surface area contributed by atoms with Gasteiger partial charge in [-0.25, -0.2) is 14.2 Å². The summed E-state index contributed by atoms with van der Waals surface area (Å²) in [5.74, 6) is -1.52. The molecule has 1 amide bonds. The Morgan fingerprint density at radius 1 is 1.19 bits per heavy atom. The number of benzene rings is 3. The molecule has 0 aromatic heterocycles. The normalized spacial score (nSPS) is 10.7. The molecule has 0 aliphatic heterocycles. The predicted octanol–water partition coefficient (Wildman–Crippen LogP) is 5.60. The third kappa shape index (κ3) is 5.87. The Labute approximate surface area is 190 Å². The van der Waals surface area contributed by atoms with Gasteiger partial charge in [0, 0.05) is 0 Å². The topological polar surface area (TPSA) is 74.5 Å². The van der Waals surface area contributed by atoms with Crippen molar-refractivity contribution in [3.8, 4) is 11.8 Å². The lowest BCUT2D eigenvalue weighted by molar-refractivity contribution is 0.0951. The lowest BCUT2D eigenvalue weighted by Crippen LogP contribution is -2.19. The third-order valence-corrected chi connectivity index (χ3v) is 4.91. The van der Waals surface area contributed by atoms with Gasteiger partial charge < -0.3 is 4.74 Å². The largest absolute Gasteiger partial charge is 0.486 e. The van der Waals surface area contributed by atoms with Gasteiger partial charge in [-0.15, -0.1) is 0 Å². The Bertz CT molecular complexity index is 1170. The maximum Gasteiger partial charge on any atom is 0.274 e. The van der Waals surface area contributed by atoms with E-state index in [1.807, 2.05) is 0 Å². The summed E-state index contributed by atoms with van der Waals surface area (Å²) in [6.07, 6.45) is 1.33. The molecular weight excluding hydrogens is 492 g/mol. The second-order valence-corrected chi connectivity index (χ2v) is 7.50. The van der Waals surface area contributed by atoms with Gasteiger partial charge in [-0.05, 0) is 69.5 Å². The van der Waals surface area contributed by atoms with Crippen LogP contribution >= 0.6 is 27.5 Å². The minimum absolute atomic E-state index is 0.110. The summed E-state index contributed by atoms with van der Waals surface area (Å²) in [4.78, 5) is 12.1. The maximum absolute atomic E-state index is 13.9. The highest BCUT2D eigenvalue weighted by Crippen LogP contribution is 2.34. The van der Waals surface area contributed by atoms with E-state index in [4.69, 9.17) is 21.6 Å². The van der Waals surface area contributed by atoms with Gasteiger partial charge in [0.15, 0.2) is 5.75 Å². The number of hydrogen-bond donors (Lipinski definition) is 1. The highest BCUT2D eigenvalue weighted by Gasteiger charge is 2.12. The van der Waals surface area contributed by atoms with Gasteiger partial charge in [0.05, 0.1) is 32.9 Å². The number of carbonyl (C=O) groups is 1. The van der Waals surface area contributed by atoms with Crippen LogP contribution in [0.5, 0.6) is 5.75 Å². The molecule has 0 heterocycles. The van der Waals surface area contributed by atoms with Gasteiger partial charge in [0.2, 0.25) is 0 Å². The van der Waals surface area contributed by atoms with E-state index in [0.29, 0.717) is 20.8 Å². The van der Waals surface area contributed by atoms with Crippen molar-refractivity contribution < 1.29 is 18.3 Å². The van der Waals surface area contributed by atoms with Crippen molar-refractivity contribution in [1.29, 1.82) is 5.26 Å². The first-order valence-corrected chi connectivity index (χ1v) is 9.94. The van der Waals surface area contributed by atoms with E-state index >= 15 is 0 Å². The Morgan fingerprint density at radius 2 is 1.94 bits per heavy atom. The molecule has 3 rings (SSSR count). The first kappa shape index (κ1) is 22.4. The number of hydrazone groups is 1. The maximum atomic E-state index is 13.9. The number of nitrogens with one attached hydrogen (secondary N) is 1. The minimum Gasteiger partial charge on any atom is -0.486 e. The average Bonchev–Trinajstić information content (AvgIpc) is 2.74. The molecule has 1 N–H and O–H groups in total. The van der Waals surface area contributed by atoms with Gasteiger partial charge >= 0.3 is 0 Å². The number of halogens is 4. The summed E-state index contributed by atoms with van der Waals surface area (Å²) >= 11 is 9.64. The Hall–Kier alpha value is -3.28. The number of hydrogen-bond acceptors (Lipinski definition) is 4. The Kier molecular flexibility index (Phi) is 7.34. The molecule has 0 saturated carbocycles. The van der Waals surface area contributed by atoms with Crippen LogP contribution in [0.3, 0.4) is 0 Å². The molecule has 0 atom stereocenters. The van der Waals surface area contributed by atoms with Crippen molar-refractivity contribution >= 4 is 39.7 Å². The number of carbonyl (C=O) groups excluding carboxylic acids is 1. The fourth-order valence-corrected chi connectivity index (χ4v) is 3.51. The van der Waals surface area contributed by atoms with Crippen molar-refractivity contribution in [3.05, 3.63) is 98.0 Å². The van der Waals surface area contributed by atoms with Crippen molar-refractivity contribution in [3.63, 3.8) is 0 Å². The van der Waals surface area contributed by atoms with E-state index < -0.39 is 11.7 Å². The number of rotatable bonds is 6. The lowest BCUT2D eigenvalue weighted by atomic mass is 10.1. The zero-order valence-corrected chi connectivity index (χ0v) is 18.0. The monoisotopic (exact) mass is 503 g/mol. The van der Waals surface area contributed by atoms with Crippen LogP contribution in [0.15, 0.2) is 64.2 Å². The number of nitriles is 1. The minimum atomic E-state index is -0.819. The molecule has 156 valence electrons. The van der Waals surface area contributed by atoms with Crippen LogP contribution in [-0.4, -0.2) is 12.1 Å². The number of amides is 1. The van der Waals surface area contributed by atoms with Crippen molar-refractivity contribution in [2.24, 2.45) is 5.10 Å². The summed E-state index contributed by atoms with van der Waals surface area (Å²) in [5.41, 5.74) is 3.41. The molecule has 5 nitrogen and oxygen atoms in total. The van der Waals surface area contributed by atoms with Crippen LogP contribution in [0, 0.1) is 23.0 Å². The average molecular weight is 505 g/mol.